The fraction of sp³-hybridized carbons (Fsp3) is 0.360. The fourth-order valence-electron chi connectivity index (χ4n) is 4.25. The SMILES string of the molecule is CCOc1ccc([C@@H]2c3c(-c4cc(C)ccc4O)n[nH]c3C(=O)N2CCOC)cc1OCC. The Balaban J connectivity index is 1.88. The first-order valence-corrected chi connectivity index (χ1v) is 11.1. The van der Waals surface area contributed by atoms with Crippen LogP contribution < -0.4 is 9.47 Å². The summed E-state index contributed by atoms with van der Waals surface area (Å²) in [5.41, 5.74) is 4.12. The van der Waals surface area contributed by atoms with Crippen molar-refractivity contribution in [2.24, 2.45) is 0 Å². The predicted molar refractivity (Wildman–Crippen MR) is 124 cm³/mol. The van der Waals surface area contributed by atoms with Gasteiger partial charge in [0.1, 0.15) is 17.1 Å². The van der Waals surface area contributed by atoms with Crippen LogP contribution in [0.5, 0.6) is 17.2 Å². The minimum atomic E-state index is -0.425. The Bertz CT molecular complexity index is 1160. The van der Waals surface area contributed by atoms with Gasteiger partial charge in [-0.15, -0.1) is 0 Å². The van der Waals surface area contributed by atoms with Gasteiger partial charge in [-0.25, -0.2) is 0 Å². The number of ether oxygens (including phenoxy) is 3. The number of aryl methyl sites for hydroxylation is 1. The number of nitrogens with one attached hydrogen (secondary N) is 1. The van der Waals surface area contributed by atoms with Crippen molar-refractivity contribution in [2.45, 2.75) is 26.8 Å². The summed E-state index contributed by atoms with van der Waals surface area (Å²) in [6.07, 6.45) is 0. The summed E-state index contributed by atoms with van der Waals surface area (Å²) >= 11 is 0. The number of carbonyl (C=O) groups excluding carboxylic acids is 1. The number of phenolic OH excluding ortho intramolecular Hbond substituents is 1. The number of aromatic nitrogens is 2. The Kier molecular flexibility index (Phi) is 6.55. The number of fused-ring (bicyclic) bond motifs is 1. The molecular formula is C25H29N3O5. The highest BCUT2D eigenvalue weighted by atomic mass is 16.5. The maximum Gasteiger partial charge on any atom is 0.273 e. The third-order valence-corrected chi connectivity index (χ3v) is 5.69. The normalized spacial score (nSPS) is 15.1. The van der Waals surface area contributed by atoms with Gasteiger partial charge >= 0.3 is 0 Å². The molecule has 0 bridgehead atoms. The van der Waals surface area contributed by atoms with Crippen molar-refractivity contribution in [3.05, 3.63) is 58.8 Å². The molecule has 0 saturated heterocycles. The number of rotatable bonds is 9. The molecule has 1 amide bonds. The number of aromatic hydroxyl groups is 1. The van der Waals surface area contributed by atoms with Crippen LogP contribution in [0.25, 0.3) is 11.3 Å². The van der Waals surface area contributed by atoms with Crippen LogP contribution in [-0.4, -0.2) is 59.6 Å². The van der Waals surface area contributed by atoms with Gasteiger partial charge in [-0.2, -0.15) is 5.10 Å². The highest BCUT2D eigenvalue weighted by Gasteiger charge is 2.42. The van der Waals surface area contributed by atoms with E-state index in [0.29, 0.717) is 54.8 Å². The molecule has 33 heavy (non-hydrogen) atoms. The minimum absolute atomic E-state index is 0.109. The molecule has 0 spiro atoms. The number of benzene rings is 2. The van der Waals surface area contributed by atoms with Crippen molar-refractivity contribution in [1.82, 2.24) is 15.1 Å². The lowest BCUT2D eigenvalue weighted by Crippen LogP contribution is -2.32. The molecule has 4 rings (SSSR count). The second-order valence-electron chi connectivity index (χ2n) is 7.85. The van der Waals surface area contributed by atoms with Crippen LogP contribution in [0, 0.1) is 6.92 Å². The molecular weight excluding hydrogens is 422 g/mol. The second-order valence-corrected chi connectivity index (χ2v) is 7.85. The Morgan fingerprint density at radius 2 is 1.85 bits per heavy atom. The number of phenols is 1. The molecule has 2 N–H and O–H groups in total. The largest absolute Gasteiger partial charge is 0.507 e. The van der Waals surface area contributed by atoms with Crippen LogP contribution in [0.15, 0.2) is 36.4 Å². The second kappa shape index (κ2) is 9.54. The number of hydrogen-bond acceptors (Lipinski definition) is 6. The zero-order valence-corrected chi connectivity index (χ0v) is 19.3. The van der Waals surface area contributed by atoms with Gasteiger partial charge in [-0.1, -0.05) is 17.7 Å². The molecule has 2 aromatic carbocycles. The van der Waals surface area contributed by atoms with E-state index in [2.05, 4.69) is 10.2 Å². The van der Waals surface area contributed by atoms with E-state index in [-0.39, 0.29) is 11.7 Å². The lowest BCUT2D eigenvalue weighted by Gasteiger charge is -2.27. The smallest absolute Gasteiger partial charge is 0.273 e. The number of nitrogens with zero attached hydrogens (tertiary/aromatic N) is 2. The van der Waals surface area contributed by atoms with Crippen LogP contribution in [0.4, 0.5) is 0 Å². The summed E-state index contributed by atoms with van der Waals surface area (Å²) in [7, 11) is 1.61. The molecule has 0 fully saturated rings. The summed E-state index contributed by atoms with van der Waals surface area (Å²) in [5.74, 6) is 1.22. The third-order valence-electron chi connectivity index (χ3n) is 5.69. The minimum Gasteiger partial charge on any atom is -0.507 e. The Morgan fingerprint density at radius 3 is 2.58 bits per heavy atom. The molecule has 174 valence electrons. The van der Waals surface area contributed by atoms with Crippen molar-refractivity contribution in [3.63, 3.8) is 0 Å². The summed E-state index contributed by atoms with van der Waals surface area (Å²) in [4.78, 5) is 15.1. The van der Waals surface area contributed by atoms with Crippen LogP contribution in [-0.2, 0) is 4.74 Å². The number of aromatic amines is 1. The fourth-order valence-corrected chi connectivity index (χ4v) is 4.25. The summed E-state index contributed by atoms with van der Waals surface area (Å²) in [6, 6.07) is 10.6. The molecule has 2 heterocycles. The molecule has 8 heteroatoms. The quantitative estimate of drug-likeness (QED) is 0.509. The zero-order chi connectivity index (χ0) is 23.5. The first kappa shape index (κ1) is 22.7. The lowest BCUT2D eigenvalue weighted by atomic mass is 9.95. The summed E-state index contributed by atoms with van der Waals surface area (Å²) in [6.45, 7) is 7.58. The molecule has 0 radical (unpaired) electrons. The zero-order valence-electron chi connectivity index (χ0n) is 19.3. The first-order valence-electron chi connectivity index (χ1n) is 11.1. The monoisotopic (exact) mass is 451 g/mol. The average Bonchev–Trinajstić information content (AvgIpc) is 3.34. The van der Waals surface area contributed by atoms with Gasteiger partial charge in [0.05, 0.1) is 25.9 Å². The molecule has 1 aliphatic rings. The average molecular weight is 452 g/mol. The number of methoxy groups -OCH3 is 1. The third kappa shape index (κ3) is 4.14. The van der Waals surface area contributed by atoms with E-state index in [1.807, 2.05) is 51.1 Å². The van der Waals surface area contributed by atoms with E-state index in [0.717, 1.165) is 16.7 Å². The van der Waals surface area contributed by atoms with E-state index in [4.69, 9.17) is 14.2 Å². The Labute approximate surface area is 193 Å². The molecule has 0 aliphatic carbocycles. The number of H-pyrrole nitrogens is 1. The van der Waals surface area contributed by atoms with Crippen molar-refractivity contribution >= 4 is 5.91 Å². The standard InChI is InChI=1S/C25H29N3O5/c1-5-32-19-10-8-16(14-20(19)33-6-2)24-21-22(17-13-15(3)7-9-18(17)29)26-27-23(21)25(30)28(24)11-12-31-4/h7-10,13-14,24,29H,5-6,11-12H2,1-4H3,(H,26,27)/t24-/m1/s1. The Morgan fingerprint density at radius 1 is 1.09 bits per heavy atom. The molecule has 0 saturated carbocycles. The molecule has 1 aromatic heterocycles. The van der Waals surface area contributed by atoms with Crippen LogP contribution in [0.3, 0.4) is 0 Å². The number of carbonyl (C=O) groups is 1. The highest BCUT2D eigenvalue weighted by molar-refractivity contribution is 6.00. The molecule has 8 nitrogen and oxygen atoms in total. The van der Waals surface area contributed by atoms with E-state index in [1.165, 1.54) is 0 Å². The van der Waals surface area contributed by atoms with Gasteiger partial charge in [0.2, 0.25) is 0 Å². The van der Waals surface area contributed by atoms with E-state index >= 15 is 0 Å². The van der Waals surface area contributed by atoms with Gasteiger partial charge in [0.25, 0.3) is 5.91 Å². The van der Waals surface area contributed by atoms with Crippen molar-refractivity contribution < 1.29 is 24.1 Å². The van der Waals surface area contributed by atoms with Crippen LogP contribution in [0.1, 0.15) is 47.1 Å². The predicted octanol–water partition coefficient (Wildman–Crippen LogP) is 4.08. The van der Waals surface area contributed by atoms with Crippen molar-refractivity contribution in [1.29, 1.82) is 0 Å². The number of amides is 1. The summed E-state index contributed by atoms with van der Waals surface area (Å²) < 4.78 is 16.8. The molecule has 1 aliphatic heterocycles. The first-order chi connectivity index (χ1) is 16.0. The number of hydrogen-bond donors (Lipinski definition) is 2. The lowest BCUT2D eigenvalue weighted by molar-refractivity contribution is 0.0677. The van der Waals surface area contributed by atoms with Gasteiger partial charge in [0.15, 0.2) is 11.5 Å². The van der Waals surface area contributed by atoms with Crippen LogP contribution >= 0.6 is 0 Å². The maximum absolute atomic E-state index is 13.3. The van der Waals surface area contributed by atoms with E-state index in [9.17, 15) is 9.90 Å². The maximum atomic E-state index is 13.3. The van der Waals surface area contributed by atoms with Gasteiger partial charge in [0, 0.05) is 24.8 Å². The van der Waals surface area contributed by atoms with Gasteiger partial charge < -0.3 is 24.2 Å². The van der Waals surface area contributed by atoms with Crippen molar-refractivity contribution in [2.75, 3.05) is 33.5 Å². The Hall–Kier alpha value is -3.52. The molecule has 0 unspecified atom stereocenters. The highest BCUT2D eigenvalue weighted by Crippen LogP contribution is 2.46. The van der Waals surface area contributed by atoms with E-state index < -0.39 is 6.04 Å². The molecule has 1 atom stereocenters. The van der Waals surface area contributed by atoms with Gasteiger partial charge in [-0.05, 0) is 50.6 Å². The van der Waals surface area contributed by atoms with Gasteiger partial charge in [-0.3, -0.25) is 9.89 Å². The summed E-state index contributed by atoms with van der Waals surface area (Å²) in [5, 5.41) is 17.9. The topological polar surface area (TPSA) is 96.9 Å². The van der Waals surface area contributed by atoms with Crippen LogP contribution in [0.2, 0.25) is 0 Å². The molecule has 3 aromatic rings. The van der Waals surface area contributed by atoms with Crippen molar-refractivity contribution in [3.8, 4) is 28.5 Å². The van der Waals surface area contributed by atoms with E-state index in [1.54, 1.807) is 18.1 Å².